The Kier molecular flexibility index (Phi) is 5.32. The van der Waals surface area contributed by atoms with Crippen molar-refractivity contribution >= 4 is 22.7 Å². The van der Waals surface area contributed by atoms with Crippen LogP contribution in [0.1, 0.15) is 67.0 Å². The lowest BCUT2D eigenvalue weighted by atomic mass is 9.71. The number of anilines is 1. The van der Waals surface area contributed by atoms with Gasteiger partial charge in [-0.05, 0) is 82.3 Å². The molecule has 1 aromatic carbocycles. The minimum Gasteiger partial charge on any atom is -0.477 e. The molecule has 2 aliphatic heterocycles. The Balaban J connectivity index is 1.45. The van der Waals surface area contributed by atoms with Crippen molar-refractivity contribution in [3.8, 4) is 5.69 Å². The fraction of sp³-hybridized carbons (Fsp3) is 0.519. The van der Waals surface area contributed by atoms with Crippen LogP contribution >= 0.6 is 0 Å². The number of aromatic nitrogens is 3. The van der Waals surface area contributed by atoms with E-state index in [1.807, 2.05) is 35.0 Å². The van der Waals surface area contributed by atoms with Crippen LogP contribution in [0.25, 0.3) is 16.7 Å². The average Bonchev–Trinajstić information content (AvgIpc) is 3.20. The summed E-state index contributed by atoms with van der Waals surface area (Å²) in [5, 5.41) is 16.0. The number of carboxylic acid groups (broad SMARTS) is 1. The predicted octanol–water partition coefficient (Wildman–Crippen LogP) is 4.70. The number of fused-ring (bicyclic) bond motifs is 1. The Hall–Kier alpha value is -2.93. The summed E-state index contributed by atoms with van der Waals surface area (Å²) < 4.78 is 1.86. The fourth-order valence-corrected chi connectivity index (χ4v) is 6.01. The summed E-state index contributed by atoms with van der Waals surface area (Å²) in [6.45, 7) is 4.28. The second kappa shape index (κ2) is 8.38. The maximum atomic E-state index is 12.1. The maximum Gasteiger partial charge on any atom is 0.354 e. The van der Waals surface area contributed by atoms with E-state index in [0.717, 1.165) is 48.4 Å². The molecule has 1 saturated carbocycles. The van der Waals surface area contributed by atoms with Gasteiger partial charge in [0.25, 0.3) is 0 Å². The number of aromatic carboxylic acids is 1. The lowest BCUT2D eigenvalue weighted by Crippen LogP contribution is -2.46. The van der Waals surface area contributed by atoms with Gasteiger partial charge in [0, 0.05) is 19.0 Å². The molecule has 0 unspecified atom stereocenters. The van der Waals surface area contributed by atoms with E-state index in [0.29, 0.717) is 17.0 Å². The Morgan fingerprint density at radius 1 is 1.03 bits per heavy atom. The number of para-hydroxylation sites is 1. The van der Waals surface area contributed by atoms with E-state index in [9.17, 15) is 9.90 Å². The van der Waals surface area contributed by atoms with Crippen molar-refractivity contribution in [2.24, 2.45) is 5.41 Å². The SMILES string of the molecule is CN1CCC2(CC1)CCN(c1cc(C(=O)O)nc3c1c(C1CCC1)nn3-c1ccccc1)CC2. The van der Waals surface area contributed by atoms with Crippen molar-refractivity contribution in [3.63, 3.8) is 0 Å². The normalized spacial score (nSPS) is 21.1. The third-order valence-corrected chi connectivity index (χ3v) is 8.57. The quantitative estimate of drug-likeness (QED) is 0.610. The third kappa shape index (κ3) is 3.66. The molecule has 0 amide bonds. The molecule has 0 radical (unpaired) electrons. The molecular formula is C27H33N5O2. The molecule has 2 aromatic heterocycles. The molecule has 7 nitrogen and oxygen atoms in total. The second-order valence-corrected chi connectivity index (χ2v) is 10.6. The first-order valence-corrected chi connectivity index (χ1v) is 12.7. The summed E-state index contributed by atoms with van der Waals surface area (Å²) in [5.41, 5.74) is 4.22. The van der Waals surface area contributed by atoms with Crippen molar-refractivity contribution < 1.29 is 9.90 Å². The molecule has 4 heterocycles. The minimum absolute atomic E-state index is 0.0966. The standard InChI is InChI=1S/C27H33N5O2/c1-30-14-10-27(11-15-30)12-16-31(17-13-27)22-18-21(26(33)34)28-25-23(22)24(19-6-5-7-19)29-32(25)20-8-3-2-4-9-20/h2-4,8-9,18-19H,5-7,10-17H2,1H3,(H,33,34). The predicted molar refractivity (Wildman–Crippen MR) is 133 cm³/mol. The molecule has 34 heavy (non-hydrogen) atoms. The van der Waals surface area contributed by atoms with E-state index in [2.05, 4.69) is 21.8 Å². The Labute approximate surface area is 200 Å². The Morgan fingerprint density at radius 3 is 2.32 bits per heavy atom. The van der Waals surface area contributed by atoms with Crippen LogP contribution in [0.5, 0.6) is 0 Å². The van der Waals surface area contributed by atoms with E-state index >= 15 is 0 Å². The summed E-state index contributed by atoms with van der Waals surface area (Å²) >= 11 is 0. The van der Waals surface area contributed by atoms with Gasteiger partial charge in [-0.2, -0.15) is 5.10 Å². The number of likely N-dealkylation sites (tertiary alicyclic amines) is 1. The molecule has 0 bridgehead atoms. The van der Waals surface area contributed by atoms with Crippen LogP contribution in [0.2, 0.25) is 0 Å². The Bertz CT molecular complexity index is 1200. The van der Waals surface area contributed by atoms with E-state index in [1.54, 1.807) is 6.07 Å². The van der Waals surface area contributed by atoms with Gasteiger partial charge in [0.2, 0.25) is 0 Å². The minimum atomic E-state index is -0.988. The van der Waals surface area contributed by atoms with Gasteiger partial charge in [0.1, 0.15) is 0 Å². The Morgan fingerprint density at radius 2 is 1.71 bits per heavy atom. The number of carboxylic acids is 1. The summed E-state index contributed by atoms with van der Waals surface area (Å²) in [4.78, 5) is 21.6. The van der Waals surface area contributed by atoms with Crippen molar-refractivity contribution in [2.75, 3.05) is 38.1 Å². The van der Waals surface area contributed by atoms with E-state index in [4.69, 9.17) is 5.10 Å². The molecule has 3 fully saturated rings. The zero-order valence-electron chi connectivity index (χ0n) is 19.9. The zero-order chi connectivity index (χ0) is 23.3. The van der Waals surface area contributed by atoms with Gasteiger partial charge < -0.3 is 14.9 Å². The number of pyridine rings is 1. The number of nitrogens with zero attached hydrogens (tertiary/aromatic N) is 5. The first-order valence-electron chi connectivity index (χ1n) is 12.7. The summed E-state index contributed by atoms with van der Waals surface area (Å²) in [6, 6.07) is 11.8. The second-order valence-electron chi connectivity index (χ2n) is 10.6. The smallest absolute Gasteiger partial charge is 0.354 e. The number of carbonyl (C=O) groups is 1. The first-order chi connectivity index (χ1) is 16.5. The molecular weight excluding hydrogens is 426 g/mol. The van der Waals surface area contributed by atoms with Gasteiger partial charge in [-0.3, -0.25) is 0 Å². The number of rotatable bonds is 4. The van der Waals surface area contributed by atoms with E-state index in [1.165, 1.54) is 45.2 Å². The average molecular weight is 460 g/mol. The maximum absolute atomic E-state index is 12.1. The van der Waals surface area contributed by atoms with Crippen LogP contribution in [0.15, 0.2) is 36.4 Å². The molecule has 1 spiro atoms. The van der Waals surface area contributed by atoms with Gasteiger partial charge in [-0.15, -0.1) is 0 Å². The highest BCUT2D eigenvalue weighted by molar-refractivity contribution is 5.98. The van der Waals surface area contributed by atoms with Gasteiger partial charge in [0.05, 0.1) is 22.5 Å². The molecule has 2 saturated heterocycles. The van der Waals surface area contributed by atoms with Crippen LogP contribution < -0.4 is 4.90 Å². The number of piperidine rings is 2. The number of hydrogen-bond donors (Lipinski definition) is 1. The summed E-state index contributed by atoms with van der Waals surface area (Å²) in [7, 11) is 2.22. The van der Waals surface area contributed by atoms with Crippen molar-refractivity contribution in [1.82, 2.24) is 19.7 Å². The highest BCUT2D eigenvalue weighted by atomic mass is 16.4. The van der Waals surface area contributed by atoms with Gasteiger partial charge in [0.15, 0.2) is 11.3 Å². The van der Waals surface area contributed by atoms with Crippen molar-refractivity contribution in [1.29, 1.82) is 0 Å². The molecule has 6 rings (SSSR count). The fourth-order valence-electron chi connectivity index (χ4n) is 6.01. The van der Waals surface area contributed by atoms with Crippen LogP contribution in [-0.2, 0) is 0 Å². The van der Waals surface area contributed by atoms with E-state index < -0.39 is 5.97 Å². The molecule has 1 N–H and O–H groups in total. The number of hydrogen-bond acceptors (Lipinski definition) is 5. The van der Waals surface area contributed by atoms with Crippen LogP contribution in [-0.4, -0.2) is 64.0 Å². The molecule has 0 atom stereocenters. The number of benzene rings is 1. The molecule has 178 valence electrons. The van der Waals surface area contributed by atoms with Crippen LogP contribution in [0.4, 0.5) is 5.69 Å². The third-order valence-electron chi connectivity index (χ3n) is 8.57. The van der Waals surface area contributed by atoms with E-state index in [-0.39, 0.29) is 5.69 Å². The monoisotopic (exact) mass is 459 g/mol. The highest BCUT2D eigenvalue weighted by Gasteiger charge is 2.38. The highest BCUT2D eigenvalue weighted by Crippen LogP contribution is 2.46. The largest absolute Gasteiger partial charge is 0.477 e. The van der Waals surface area contributed by atoms with Crippen LogP contribution in [0.3, 0.4) is 0 Å². The molecule has 3 aliphatic rings. The molecule has 7 heteroatoms. The van der Waals surface area contributed by atoms with Gasteiger partial charge in [-0.1, -0.05) is 24.6 Å². The van der Waals surface area contributed by atoms with Crippen molar-refractivity contribution in [3.05, 3.63) is 47.8 Å². The zero-order valence-corrected chi connectivity index (χ0v) is 19.9. The molecule has 1 aliphatic carbocycles. The van der Waals surface area contributed by atoms with Crippen molar-refractivity contribution in [2.45, 2.75) is 50.9 Å². The lowest BCUT2D eigenvalue weighted by molar-refractivity contribution is 0.0690. The summed E-state index contributed by atoms with van der Waals surface area (Å²) in [6.07, 6.45) is 8.36. The topological polar surface area (TPSA) is 74.5 Å². The summed E-state index contributed by atoms with van der Waals surface area (Å²) in [5.74, 6) is -0.563. The molecule has 3 aromatic rings. The first kappa shape index (κ1) is 21.6. The van der Waals surface area contributed by atoms with Crippen LogP contribution in [0, 0.1) is 5.41 Å². The van der Waals surface area contributed by atoms with Gasteiger partial charge >= 0.3 is 5.97 Å². The van der Waals surface area contributed by atoms with Gasteiger partial charge in [-0.25, -0.2) is 14.5 Å². The lowest BCUT2D eigenvalue weighted by Gasteiger charge is -2.47.